The molecule has 0 aliphatic carbocycles. The van der Waals surface area contributed by atoms with Crippen LogP contribution in [0.4, 0.5) is 11.4 Å². The lowest BCUT2D eigenvalue weighted by Gasteiger charge is -2.16. The van der Waals surface area contributed by atoms with E-state index >= 15 is 0 Å². The van der Waals surface area contributed by atoms with Crippen molar-refractivity contribution in [2.75, 3.05) is 13.2 Å². The first kappa shape index (κ1) is 12.0. The lowest BCUT2D eigenvalue weighted by Crippen LogP contribution is -2.08. The topological polar surface area (TPSA) is 110 Å². The van der Waals surface area contributed by atoms with E-state index in [4.69, 9.17) is 15.0 Å². The normalized spacial score (nSPS) is 14.0. The second-order valence-electron chi connectivity index (χ2n) is 3.64. The maximum atomic E-state index is 10.9. The van der Waals surface area contributed by atoms with E-state index in [0.717, 1.165) is 12.8 Å². The summed E-state index contributed by atoms with van der Waals surface area (Å²) < 4.78 is 10.8. The van der Waals surface area contributed by atoms with E-state index in [1.54, 1.807) is 0 Å². The molecule has 0 saturated heterocycles. The van der Waals surface area contributed by atoms with Crippen molar-refractivity contribution in [1.29, 1.82) is 0 Å². The predicted octanol–water partition coefficient (Wildman–Crippen LogP) is 3.09. The lowest BCUT2D eigenvalue weighted by atomic mass is 10.2. The van der Waals surface area contributed by atoms with Crippen LogP contribution in [0.3, 0.4) is 0 Å². The van der Waals surface area contributed by atoms with Crippen LogP contribution in [-0.2, 0) is 0 Å². The highest BCUT2D eigenvalue weighted by molar-refractivity contribution is 5.65. The van der Waals surface area contributed by atoms with Gasteiger partial charge in [0.05, 0.1) is 24.2 Å². The Morgan fingerprint density at radius 2 is 1.89 bits per heavy atom. The maximum Gasteiger partial charge on any atom is 0.282 e. The van der Waals surface area contributed by atoms with E-state index < -0.39 is 4.92 Å². The number of azide groups is 1. The van der Waals surface area contributed by atoms with E-state index in [1.807, 2.05) is 0 Å². The van der Waals surface area contributed by atoms with Crippen LogP contribution in [0, 0.1) is 10.1 Å². The zero-order valence-electron chi connectivity index (χ0n) is 9.40. The average molecular weight is 250 g/mol. The Hall–Kier alpha value is -2.47. The number of nitro groups is 1. The molecule has 8 nitrogen and oxygen atoms in total. The minimum Gasteiger partial charge on any atom is -0.490 e. The van der Waals surface area contributed by atoms with Crippen molar-refractivity contribution < 1.29 is 14.4 Å². The largest absolute Gasteiger partial charge is 0.490 e. The second kappa shape index (κ2) is 5.24. The molecule has 0 saturated carbocycles. The Morgan fingerprint density at radius 3 is 2.44 bits per heavy atom. The number of hydrogen-bond donors (Lipinski definition) is 0. The number of nitrogens with zero attached hydrogens (tertiary/aromatic N) is 4. The molecule has 0 aromatic heterocycles. The van der Waals surface area contributed by atoms with Gasteiger partial charge >= 0.3 is 0 Å². The van der Waals surface area contributed by atoms with Crippen LogP contribution in [0.15, 0.2) is 17.2 Å². The first-order chi connectivity index (χ1) is 8.72. The summed E-state index contributed by atoms with van der Waals surface area (Å²) in [6.45, 7) is 0.984. The van der Waals surface area contributed by atoms with Gasteiger partial charge in [-0.2, -0.15) is 0 Å². The van der Waals surface area contributed by atoms with E-state index in [2.05, 4.69) is 10.0 Å². The Labute approximate surface area is 102 Å². The fraction of sp³-hybridized carbons (Fsp3) is 0.400. The molecule has 0 N–H and O–H groups in total. The molecule has 18 heavy (non-hydrogen) atoms. The summed E-state index contributed by atoms with van der Waals surface area (Å²) in [5.74, 6) is 0.668. The van der Waals surface area contributed by atoms with Crippen LogP contribution in [0.1, 0.15) is 12.8 Å². The fourth-order valence-corrected chi connectivity index (χ4v) is 1.61. The second-order valence-corrected chi connectivity index (χ2v) is 3.64. The summed E-state index contributed by atoms with van der Waals surface area (Å²) in [6, 6.07) is 2.56. The molecule has 1 aliphatic rings. The summed E-state index contributed by atoms with van der Waals surface area (Å²) >= 11 is 0. The molecule has 1 aromatic rings. The van der Waals surface area contributed by atoms with E-state index in [0.29, 0.717) is 24.7 Å². The molecule has 2 rings (SSSR count). The van der Waals surface area contributed by atoms with Crippen molar-refractivity contribution in [1.82, 2.24) is 0 Å². The smallest absolute Gasteiger partial charge is 0.282 e. The zero-order valence-corrected chi connectivity index (χ0v) is 9.40. The van der Waals surface area contributed by atoms with Gasteiger partial charge in [-0.05, 0) is 18.4 Å². The standard InChI is InChI=1S/C10H10N4O4/c11-13-12-7-5-9-10(6-8(7)14(15)16)18-4-2-1-3-17-9/h5-6H,1-4H2. The Balaban J connectivity index is 2.51. The van der Waals surface area contributed by atoms with Crippen molar-refractivity contribution in [3.05, 3.63) is 32.7 Å². The molecule has 0 atom stereocenters. The first-order valence-corrected chi connectivity index (χ1v) is 5.35. The molecule has 0 radical (unpaired) electrons. The minimum absolute atomic E-state index is 0.0783. The lowest BCUT2D eigenvalue weighted by molar-refractivity contribution is -0.384. The van der Waals surface area contributed by atoms with E-state index in [9.17, 15) is 10.1 Å². The molecule has 1 aromatic carbocycles. The third-order valence-corrected chi connectivity index (χ3v) is 2.44. The Kier molecular flexibility index (Phi) is 3.49. The molecule has 0 amide bonds. The number of nitro benzene ring substituents is 1. The highest BCUT2D eigenvalue weighted by Crippen LogP contribution is 2.40. The molecule has 0 fully saturated rings. The summed E-state index contributed by atoms with van der Waals surface area (Å²) in [5, 5.41) is 14.2. The molecular weight excluding hydrogens is 240 g/mol. The van der Waals surface area contributed by atoms with Crippen LogP contribution in [0.2, 0.25) is 0 Å². The predicted molar refractivity (Wildman–Crippen MR) is 62.1 cm³/mol. The van der Waals surface area contributed by atoms with Crippen LogP contribution in [0.25, 0.3) is 10.4 Å². The number of ether oxygens (including phenoxy) is 2. The molecule has 0 unspecified atom stereocenters. The molecule has 1 heterocycles. The maximum absolute atomic E-state index is 10.9. The van der Waals surface area contributed by atoms with Crippen LogP contribution < -0.4 is 9.47 Å². The van der Waals surface area contributed by atoms with Crippen LogP contribution in [-0.4, -0.2) is 18.1 Å². The summed E-state index contributed by atoms with van der Waals surface area (Å²) in [7, 11) is 0. The highest BCUT2D eigenvalue weighted by Gasteiger charge is 2.20. The number of hydrogen-bond acceptors (Lipinski definition) is 5. The van der Waals surface area contributed by atoms with E-state index in [-0.39, 0.29) is 11.4 Å². The minimum atomic E-state index is -0.619. The van der Waals surface area contributed by atoms with Gasteiger partial charge in [0.1, 0.15) is 5.69 Å². The quantitative estimate of drug-likeness (QED) is 0.264. The van der Waals surface area contributed by atoms with Crippen molar-refractivity contribution in [3.63, 3.8) is 0 Å². The van der Waals surface area contributed by atoms with Gasteiger partial charge in [-0.15, -0.1) is 0 Å². The van der Waals surface area contributed by atoms with E-state index in [1.165, 1.54) is 12.1 Å². The number of fused-ring (bicyclic) bond motifs is 1. The van der Waals surface area contributed by atoms with Gasteiger partial charge in [0.2, 0.25) is 0 Å². The highest BCUT2D eigenvalue weighted by atomic mass is 16.6. The van der Waals surface area contributed by atoms with Gasteiger partial charge in [-0.3, -0.25) is 10.1 Å². The van der Waals surface area contributed by atoms with Crippen LogP contribution >= 0.6 is 0 Å². The summed E-state index contributed by atoms with van der Waals surface area (Å²) in [5.41, 5.74) is 8.02. The van der Waals surface area contributed by atoms with Gasteiger partial charge in [0, 0.05) is 11.0 Å². The monoisotopic (exact) mass is 250 g/mol. The van der Waals surface area contributed by atoms with Crippen molar-refractivity contribution >= 4 is 11.4 Å². The first-order valence-electron chi connectivity index (χ1n) is 5.35. The van der Waals surface area contributed by atoms with Gasteiger partial charge in [0.15, 0.2) is 11.5 Å². The SMILES string of the molecule is [N-]=[N+]=Nc1cc2c(cc1[N+](=O)[O-])OCCCCO2. The van der Waals surface area contributed by atoms with Gasteiger partial charge < -0.3 is 9.47 Å². The molecule has 0 bridgehead atoms. The van der Waals surface area contributed by atoms with Crippen LogP contribution in [0.5, 0.6) is 11.5 Å². The Morgan fingerprint density at radius 1 is 1.28 bits per heavy atom. The fourth-order valence-electron chi connectivity index (χ4n) is 1.61. The van der Waals surface area contributed by atoms with Gasteiger partial charge in [0.25, 0.3) is 5.69 Å². The number of benzene rings is 1. The Bertz CT molecular complexity index is 492. The molecule has 1 aliphatic heterocycles. The van der Waals surface area contributed by atoms with Crippen molar-refractivity contribution in [2.45, 2.75) is 12.8 Å². The molecule has 8 heteroatoms. The molecule has 0 spiro atoms. The third kappa shape index (κ3) is 2.44. The van der Waals surface area contributed by atoms with Gasteiger partial charge in [-0.25, -0.2) is 0 Å². The zero-order chi connectivity index (χ0) is 13.0. The molecule has 94 valence electrons. The third-order valence-electron chi connectivity index (χ3n) is 2.44. The van der Waals surface area contributed by atoms with Crippen molar-refractivity contribution in [2.24, 2.45) is 5.11 Å². The molecular formula is C10H10N4O4. The van der Waals surface area contributed by atoms with Crippen molar-refractivity contribution in [3.8, 4) is 11.5 Å². The summed E-state index contributed by atoms with van der Waals surface area (Å²) in [4.78, 5) is 12.8. The average Bonchev–Trinajstić information content (AvgIpc) is 2.30. The number of rotatable bonds is 2. The van der Waals surface area contributed by atoms with Gasteiger partial charge in [-0.1, -0.05) is 5.11 Å². The summed E-state index contributed by atoms with van der Waals surface area (Å²) in [6.07, 6.45) is 1.67.